The summed E-state index contributed by atoms with van der Waals surface area (Å²) in [5.41, 5.74) is 2.15. The van der Waals surface area contributed by atoms with E-state index in [9.17, 15) is 9.59 Å². The Hall–Kier alpha value is -2.39. The molecule has 0 spiro atoms. The molecule has 1 aromatic heterocycles. The SMILES string of the molecule is CC(NC(=O)C(C)(C)Sc1nnc(Br)n1-c1ccc(C(C)C)c2ccccc12)C(=O)O. The summed E-state index contributed by atoms with van der Waals surface area (Å²) < 4.78 is 1.42. The van der Waals surface area contributed by atoms with Crippen molar-refractivity contribution in [1.29, 1.82) is 0 Å². The molecular formula is C22H25BrN4O3S. The number of nitrogens with zero attached hydrogens (tertiary/aromatic N) is 3. The van der Waals surface area contributed by atoms with Gasteiger partial charge in [-0.3, -0.25) is 14.2 Å². The lowest BCUT2D eigenvalue weighted by Gasteiger charge is -2.24. The molecular weight excluding hydrogens is 480 g/mol. The molecule has 2 aromatic carbocycles. The van der Waals surface area contributed by atoms with Crippen LogP contribution in [0.3, 0.4) is 0 Å². The van der Waals surface area contributed by atoms with Crippen molar-refractivity contribution >= 4 is 50.3 Å². The van der Waals surface area contributed by atoms with E-state index in [4.69, 9.17) is 5.11 Å². The van der Waals surface area contributed by atoms with Crippen molar-refractivity contribution in [3.63, 3.8) is 0 Å². The number of halogens is 1. The number of rotatable bonds is 7. The Balaban J connectivity index is 2.04. The molecule has 0 fully saturated rings. The first-order chi connectivity index (χ1) is 14.5. The Labute approximate surface area is 193 Å². The maximum absolute atomic E-state index is 12.7. The predicted molar refractivity (Wildman–Crippen MR) is 126 cm³/mol. The minimum Gasteiger partial charge on any atom is -0.480 e. The summed E-state index contributed by atoms with van der Waals surface area (Å²) in [7, 11) is 0. The van der Waals surface area contributed by atoms with Crippen LogP contribution >= 0.6 is 27.7 Å². The number of carbonyl (C=O) groups is 2. The van der Waals surface area contributed by atoms with Gasteiger partial charge in [-0.2, -0.15) is 0 Å². The van der Waals surface area contributed by atoms with Crippen molar-refractivity contribution in [2.24, 2.45) is 0 Å². The fraction of sp³-hybridized carbons (Fsp3) is 0.364. The van der Waals surface area contributed by atoms with Crippen LogP contribution in [0.4, 0.5) is 0 Å². The second-order valence-electron chi connectivity index (χ2n) is 8.11. The second-order valence-corrected chi connectivity index (χ2v) is 10.4. The minimum absolute atomic E-state index is 0.371. The summed E-state index contributed by atoms with van der Waals surface area (Å²) in [6.45, 7) is 9.22. The van der Waals surface area contributed by atoms with Gasteiger partial charge in [0.15, 0.2) is 5.16 Å². The fourth-order valence-corrected chi connectivity index (χ4v) is 4.75. The van der Waals surface area contributed by atoms with Crippen LogP contribution < -0.4 is 5.32 Å². The van der Waals surface area contributed by atoms with Gasteiger partial charge in [0.2, 0.25) is 10.6 Å². The average Bonchev–Trinajstić information content (AvgIpc) is 3.05. The number of thioether (sulfide) groups is 1. The quantitative estimate of drug-likeness (QED) is 0.450. The van der Waals surface area contributed by atoms with Crippen LogP contribution in [0.25, 0.3) is 16.5 Å². The minimum atomic E-state index is -1.09. The maximum Gasteiger partial charge on any atom is 0.325 e. The molecule has 0 aliphatic heterocycles. The molecule has 0 radical (unpaired) electrons. The van der Waals surface area contributed by atoms with Crippen LogP contribution in [0.5, 0.6) is 0 Å². The van der Waals surface area contributed by atoms with E-state index >= 15 is 0 Å². The van der Waals surface area contributed by atoms with Gasteiger partial charge < -0.3 is 10.4 Å². The molecule has 3 rings (SSSR count). The summed E-state index contributed by atoms with van der Waals surface area (Å²) in [4.78, 5) is 23.8. The van der Waals surface area contributed by atoms with Gasteiger partial charge in [-0.25, -0.2) is 0 Å². The molecule has 31 heavy (non-hydrogen) atoms. The van der Waals surface area contributed by atoms with E-state index in [2.05, 4.69) is 63.5 Å². The van der Waals surface area contributed by atoms with Gasteiger partial charge >= 0.3 is 5.97 Å². The van der Waals surface area contributed by atoms with Crippen LogP contribution in [0.2, 0.25) is 0 Å². The van der Waals surface area contributed by atoms with Crippen molar-refractivity contribution in [2.75, 3.05) is 0 Å². The summed E-state index contributed by atoms with van der Waals surface area (Å²) >= 11 is 4.71. The standard InChI is InChI=1S/C22H25BrN4O3S/c1-12(2)14-10-11-17(16-9-7-6-8-15(14)16)27-20(23)25-26-21(27)31-22(4,5)19(30)24-13(3)18(28)29/h6-13H,1-5H3,(H,24,30)(H,28,29). The Morgan fingerprint density at radius 2 is 1.74 bits per heavy atom. The van der Waals surface area contributed by atoms with E-state index in [1.165, 1.54) is 24.2 Å². The van der Waals surface area contributed by atoms with E-state index in [1.54, 1.807) is 13.8 Å². The van der Waals surface area contributed by atoms with E-state index in [1.807, 2.05) is 22.8 Å². The number of benzene rings is 2. The molecule has 1 unspecified atom stereocenters. The molecule has 164 valence electrons. The number of hydrogen-bond donors (Lipinski definition) is 2. The number of hydrogen-bond acceptors (Lipinski definition) is 5. The fourth-order valence-electron chi connectivity index (χ4n) is 3.23. The molecule has 2 N–H and O–H groups in total. The maximum atomic E-state index is 12.7. The van der Waals surface area contributed by atoms with Crippen LogP contribution in [0.15, 0.2) is 46.3 Å². The zero-order valence-corrected chi connectivity index (χ0v) is 20.4. The number of fused-ring (bicyclic) bond motifs is 1. The Morgan fingerprint density at radius 1 is 1.10 bits per heavy atom. The first kappa shape index (κ1) is 23.3. The predicted octanol–water partition coefficient (Wildman–Crippen LogP) is 4.77. The summed E-state index contributed by atoms with van der Waals surface area (Å²) in [5.74, 6) is -1.11. The third kappa shape index (κ3) is 4.77. The first-order valence-corrected chi connectivity index (χ1v) is 11.5. The van der Waals surface area contributed by atoms with E-state index in [0.717, 1.165) is 16.5 Å². The van der Waals surface area contributed by atoms with Gasteiger partial charge in [0.25, 0.3) is 0 Å². The van der Waals surface area contributed by atoms with Crippen molar-refractivity contribution in [2.45, 2.75) is 56.5 Å². The molecule has 1 heterocycles. The first-order valence-electron chi connectivity index (χ1n) is 9.88. The molecule has 0 aliphatic carbocycles. The molecule has 1 atom stereocenters. The third-order valence-corrected chi connectivity index (χ3v) is 6.66. The molecule has 1 amide bonds. The van der Waals surface area contributed by atoms with Crippen LogP contribution in [-0.2, 0) is 9.59 Å². The Morgan fingerprint density at radius 3 is 2.35 bits per heavy atom. The number of aromatic nitrogens is 3. The zero-order chi connectivity index (χ0) is 22.9. The van der Waals surface area contributed by atoms with Crippen LogP contribution in [0.1, 0.15) is 46.1 Å². The highest BCUT2D eigenvalue weighted by Crippen LogP contribution is 2.37. The molecule has 0 bridgehead atoms. The number of nitrogens with one attached hydrogen (secondary N) is 1. The molecule has 0 saturated carbocycles. The summed E-state index contributed by atoms with van der Waals surface area (Å²) in [6, 6.07) is 11.3. The lowest BCUT2D eigenvalue weighted by Crippen LogP contribution is -2.47. The molecule has 3 aromatic rings. The zero-order valence-electron chi connectivity index (χ0n) is 18.0. The van der Waals surface area contributed by atoms with Crippen molar-refractivity contribution in [3.8, 4) is 5.69 Å². The van der Waals surface area contributed by atoms with E-state index < -0.39 is 22.7 Å². The van der Waals surface area contributed by atoms with Crippen LogP contribution in [-0.4, -0.2) is 42.5 Å². The lowest BCUT2D eigenvalue weighted by molar-refractivity contribution is -0.141. The number of carboxylic acid groups (broad SMARTS) is 1. The van der Waals surface area contributed by atoms with Crippen molar-refractivity contribution < 1.29 is 14.7 Å². The van der Waals surface area contributed by atoms with Gasteiger partial charge in [-0.1, -0.05) is 55.9 Å². The second kappa shape index (κ2) is 9.00. The van der Waals surface area contributed by atoms with Gasteiger partial charge in [-0.15, -0.1) is 10.2 Å². The largest absolute Gasteiger partial charge is 0.480 e. The highest BCUT2D eigenvalue weighted by Gasteiger charge is 2.34. The number of carbonyl (C=O) groups excluding carboxylic acids is 1. The van der Waals surface area contributed by atoms with E-state index in [-0.39, 0.29) is 0 Å². The lowest BCUT2D eigenvalue weighted by atomic mass is 9.95. The Kier molecular flexibility index (Phi) is 6.76. The molecule has 9 heteroatoms. The van der Waals surface area contributed by atoms with Gasteiger partial charge in [0, 0.05) is 5.39 Å². The third-order valence-electron chi connectivity index (χ3n) is 5.00. The number of carboxylic acids is 1. The number of amides is 1. The van der Waals surface area contributed by atoms with Crippen LogP contribution in [0, 0.1) is 0 Å². The van der Waals surface area contributed by atoms with Crippen molar-refractivity contribution in [3.05, 3.63) is 46.7 Å². The normalized spacial score (nSPS) is 12.9. The Bertz CT molecular complexity index is 1140. The topological polar surface area (TPSA) is 97.1 Å². The molecule has 0 saturated heterocycles. The highest BCUT2D eigenvalue weighted by molar-refractivity contribution is 9.10. The van der Waals surface area contributed by atoms with Gasteiger partial charge in [0.1, 0.15) is 6.04 Å². The van der Waals surface area contributed by atoms with Gasteiger partial charge in [-0.05, 0) is 59.6 Å². The average molecular weight is 505 g/mol. The summed E-state index contributed by atoms with van der Waals surface area (Å²) in [5, 5.41) is 22.8. The molecule has 0 aliphatic rings. The van der Waals surface area contributed by atoms with Crippen molar-refractivity contribution in [1.82, 2.24) is 20.1 Å². The highest BCUT2D eigenvalue weighted by atomic mass is 79.9. The summed E-state index contributed by atoms with van der Waals surface area (Å²) in [6.07, 6.45) is 0. The van der Waals surface area contributed by atoms with E-state index in [0.29, 0.717) is 15.8 Å². The molecule has 7 nitrogen and oxygen atoms in total. The van der Waals surface area contributed by atoms with Gasteiger partial charge in [0.05, 0.1) is 10.4 Å². The monoisotopic (exact) mass is 504 g/mol. The smallest absolute Gasteiger partial charge is 0.325 e. The number of aliphatic carboxylic acids is 1.